The molecule has 2 spiro atoms. The van der Waals surface area contributed by atoms with Gasteiger partial charge in [0.15, 0.2) is 0 Å². The average Bonchev–Trinajstić information content (AvgIpc) is 3.47. The molecular weight excluding hydrogens is 510 g/mol. The molecule has 1 saturated carbocycles. The van der Waals surface area contributed by atoms with E-state index in [1.54, 1.807) is 7.11 Å². The molecule has 1 atom stereocenters. The predicted molar refractivity (Wildman–Crippen MR) is 160 cm³/mol. The zero-order chi connectivity index (χ0) is 28.2. The van der Waals surface area contributed by atoms with Crippen LogP contribution in [0, 0.1) is 35.0 Å². The molecule has 7 heteroatoms. The van der Waals surface area contributed by atoms with Gasteiger partial charge < -0.3 is 19.9 Å². The number of aromatic amines is 1. The van der Waals surface area contributed by atoms with E-state index in [1.165, 1.54) is 27.6 Å². The number of ether oxygens (including phenoxy) is 1. The molecule has 3 saturated heterocycles. The van der Waals surface area contributed by atoms with Gasteiger partial charge in [0.05, 0.1) is 13.2 Å². The second-order valence-corrected chi connectivity index (χ2v) is 13.3. The Morgan fingerprint density at radius 3 is 2.44 bits per heavy atom. The van der Waals surface area contributed by atoms with E-state index >= 15 is 0 Å². The third-order valence-electron chi connectivity index (χ3n) is 10.9. The summed E-state index contributed by atoms with van der Waals surface area (Å²) < 4.78 is 5.89. The van der Waals surface area contributed by atoms with Crippen LogP contribution in [-0.2, 0) is 6.54 Å². The molecule has 2 N–H and O–H groups in total. The number of rotatable bonds is 5. The number of fused-ring (bicyclic) bond motifs is 1. The summed E-state index contributed by atoms with van der Waals surface area (Å²) in [5.74, 6) is 1.28. The molecular formula is C34H41N5O2. The fourth-order valence-electron chi connectivity index (χ4n) is 8.17. The number of hydrogen-bond donors (Lipinski definition) is 2. The number of likely N-dealkylation sites (tertiary alicyclic amines) is 2. The molecule has 7 rings (SSSR count). The van der Waals surface area contributed by atoms with Gasteiger partial charge >= 0.3 is 0 Å². The van der Waals surface area contributed by atoms with Crippen LogP contribution in [0.1, 0.15) is 71.6 Å². The summed E-state index contributed by atoms with van der Waals surface area (Å²) >= 11 is 0. The van der Waals surface area contributed by atoms with Gasteiger partial charge in [-0.05, 0) is 98.2 Å². The average molecular weight is 552 g/mol. The maximum absolute atomic E-state index is 13.4. The second kappa shape index (κ2) is 10.2. The van der Waals surface area contributed by atoms with Crippen molar-refractivity contribution < 1.29 is 9.53 Å². The van der Waals surface area contributed by atoms with Crippen molar-refractivity contribution in [2.75, 3.05) is 39.8 Å². The number of nitriles is 1. The van der Waals surface area contributed by atoms with Gasteiger partial charge in [-0.15, -0.1) is 0 Å². The Bertz CT molecular complexity index is 1480. The van der Waals surface area contributed by atoms with Crippen molar-refractivity contribution in [1.82, 2.24) is 20.1 Å². The normalized spacial score (nSPS) is 27.4. The summed E-state index contributed by atoms with van der Waals surface area (Å²) in [6.07, 6.45) is 8.39. The number of carbonyl (C=O) groups excluding carboxylic acids is 1. The number of benzene rings is 2. The third-order valence-corrected chi connectivity index (χ3v) is 10.9. The molecule has 1 amide bonds. The van der Waals surface area contributed by atoms with Gasteiger partial charge in [-0.25, -0.2) is 0 Å². The Morgan fingerprint density at radius 1 is 1.05 bits per heavy atom. The molecule has 3 aliphatic heterocycles. The lowest BCUT2D eigenvalue weighted by atomic mass is 9.56. The van der Waals surface area contributed by atoms with Crippen LogP contribution in [0.3, 0.4) is 0 Å². The highest BCUT2D eigenvalue weighted by atomic mass is 16.5. The van der Waals surface area contributed by atoms with Gasteiger partial charge in [0.2, 0.25) is 0 Å². The number of nitrogens with one attached hydrogen (secondary N) is 2. The molecule has 1 aromatic heterocycles. The highest BCUT2D eigenvalue weighted by molar-refractivity contribution is 5.94. The zero-order valence-electron chi connectivity index (χ0n) is 24.3. The molecule has 4 fully saturated rings. The SMILES string of the molecule is COc1cc(C)c2[nH]ccc2c1CN1CCC2(CC(C#N)C2)CC1c1ccc(C(=O)N2CCC3(CC2)CNC3)cc1. The van der Waals surface area contributed by atoms with Gasteiger partial charge in [0.25, 0.3) is 5.91 Å². The van der Waals surface area contributed by atoms with Crippen molar-refractivity contribution in [3.63, 3.8) is 0 Å². The molecule has 0 radical (unpaired) electrons. The second-order valence-electron chi connectivity index (χ2n) is 13.3. The van der Waals surface area contributed by atoms with Crippen LogP contribution in [0.25, 0.3) is 10.9 Å². The van der Waals surface area contributed by atoms with E-state index in [1.807, 2.05) is 23.2 Å². The van der Waals surface area contributed by atoms with Crippen molar-refractivity contribution in [3.05, 3.63) is 64.8 Å². The molecule has 214 valence electrons. The Balaban J connectivity index is 1.14. The van der Waals surface area contributed by atoms with E-state index in [-0.39, 0.29) is 23.3 Å². The Hall–Kier alpha value is -3.34. The summed E-state index contributed by atoms with van der Waals surface area (Å²) in [6, 6.07) is 15.5. The molecule has 4 aliphatic rings. The lowest BCUT2D eigenvalue weighted by Gasteiger charge is -2.53. The number of amides is 1. The standard InChI is InChI=1S/C34H41N5O2/c1-23-15-30(41-2)28(27-7-11-37-31(23)27)20-39-14-10-34(16-24(17-34)19-35)18-29(39)25-3-5-26(6-4-25)32(40)38-12-8-33(9-13-38)21-36-22-33/h3-7,11,15,24,29,36-37H,8-10,12-14,16-18,20-22H2,1-2H3. The van der Waals surface area contributed by atoms with E-state index in [2.05, 4.69) is 52.5 Å². The minimum atomic E-state index is 0.158. The number of carbonyl (C=O) groups is 1. The smallest absolute Gasteiger partial charge is 0.253 e. The first-order valence-electron chi connectivity index (χ1n) is 15.3. The summed E-state index contributed by atoms with van der Waals surface area (Å²) in [5, 5.41) is 14.1. The molecule has 7 nitrogen and oxygen atoms in total. The van der Waals surface area contributed by atoms with Gasteiger partial charge in [-0.2, -0.15) is 5.26 Å². The number of methoxy groups -OCH3 is 1. The van der Waals surface area contributed by atoms with Crippen molar-refractivity contribution >= 4 is 16.8 Å². The quantitative estimate of drug-likeness (QED) is 0.433. The number of aryl methyl sites for hydroxylation is 1. The minimum absolute atomic E-state index is 0.158. The maximum atomic E-state index is 13.4. The molecule has 1 unspecified atom stereocenters. The molecule has 3 aromatic rings. The van der Waals surface area contributed by atoms with E-state index in [0.717, 1.165) is 89.1 Å². The largest absolute Gasteiger partial charge is 0.496 e. The van der Waals surface area contributed by atoms with Gasteiger partial charge in [-0.3, -0.25) is 9.69 Å². The molecule has 1 aliphatic carbocycles. The van der Waals surface area contributed by atoms with Gasteiger partial charge in [0.1, 0.15) is 5.75 Å². The molecule has 4 heterocycles. The van der Waals surface area contributed by atoms with Crippen molar-refractivity contribution in [2.45, 2.75) is 58.0 Å². The summed E-state index contributed by atoms with van der Waals surface area (Å²) in [7, 11) is 1.76. The predicted octanol–water partition coefficient (Wildman–Crippen LogP) is 5.57. The first kappa shape index (κ1) is 26.6. The first-order chi connectivity index (χ1) is 19.9. The van der Waals surface area contributed by atoms with Crippen LogP contribution >= 0.6 is 0 Å². The number of piperidine rings is 2. The number of H-pyrrole nitrogens is 1. The van der Waals surface area contributed by atoms with Crippen molar-refractivity contribution in [1.29, 1.82) is 5.26 Å². The fraction of sp³-hybridized carbons (Fsp3) is 0.529. The van der Waals surface area contributed by atoms with E-state index in [0.29, 0.717) is 5.41 Å². The van der Waals surface area contributed by atoms with Crippen LogP contribution in [0.15, 0.2) is 42.6 Å². The zero-order valence-corrected chi connectivity index (χ0v) is 24.3. The van der Waals surface area contributed by atoms with E-state index in [4.69, 9.17) is 4.74 Å². The monoisotopic (exact) mass is 551 g/mol. The maximum Gasteiger partial charge on any atom is 0.253 e. The number of aromatic nitrogens is 1. The number of hydrogen-bond acceptors (Lipinski definition) is 5. The Kier molecular flexibility index (Phi) is 6.59. The Labute approximate surface area is 242 Å². The van der Waals surface area contributed by atoms with Gasteiger partial charge in [-0.1, -0.05) is 12.1 Å². The highest BCUT2D eigenvalue weighted by Gasteiger charge is 2.49. The molecule has 41 heavy (non-hydrogen) atoms. The lowest BCUT2D eigenvalue weighted by molar-refractivity contribution is -0.0298. The molecule has 2 aromatic carbocycles. The van der Waals surface area contributed by atoms with Crippen LogP contribution in [0.2, 0.25) is 0 Å². The molecule has 0 bridgehead atoms. The minimum Gasteiger partial charge on any atom is -0.496 e. The van der Waals surface area contributed by atoms with Crippen molar-refractivity contribution in [3.8, 4) is 11.8 Å². The van der Waals surface area contributed by atoms with E-state index in [9.17, 15) is 10.1 Å². The Morgan fingerprint density at radius 2 is 1.78 bits per heavy atom. The lowest BCUT2D eigenvalue weighted by Crippen LogP contribution is -2.58. The summed E-state index contributed by atoms with van der Waals surface area (Å²) in [4.78, 5) is 21.4. The topological polar surface area (TPSA) is 84.4 Å². The van der Waals surface area contributed by atoms with Gasteiger partial charge in [0, 0.05) is 72.9 Å². The summed E-state index contributed by atoms with van der Waals surface area (Å²) in [6.45, 7) is 7.81. The highest BCUT2D eigenvalue weighted by Crippen LogP contribution is 2.57. The van der Waals surface area contributed by atoms with Crippen LogP contribution in [0.4, 0.5) is 0 Å². The van der Waals surface area contributed by atoms with Crippen LogP contribution < -0.4 is 10.1 Å². The van der Waals surface area contributed by atoms with Crippen LogP contribution in [0.5, 0.6) is 5.75 Å². The van der Waals surface area contributed by atoms with E-state index < -0.39 is 0 Å². The summed E-state index contributed by atoms with van der Waals surface area (Å²) in [5.41, 5.74) is 6.30. The van der Waals surface area contributed by atoms with Crippen molar-refractivity contribution in [2.24, 2.45) is 16.7 Å². The fourth-order valence-corrected chi connectivity index (χ4v) is 8.17. The van der Waals surface area contributed by atoms with Crippen LogP contribution in [-0.4, -0.2) is 60.5 Å². The number of nitrogens with zero attached hydrogens (tertiary/aromatic N) is 3. The third kappa shape index (κ3) is 4.62. The first-order valence-corrected chi connectivity index (χ1v) is 15.3.